The van der Waals surface area contributed by atoms with E-state index in [2.05, 4.69) is 0 Å². The Bertz CT molecular complexity index is 414. The SMILES string of the molecule is [2H]C([2H])([2H])c1cc(C)cc(C([2H])([2H])[2H])[o+]1.[O-][Cl+3]([O-])([O-])[O-]. The Morgan fingerprint density at radius 3 is 1.79 bits per heavy atom. The second-order valence-corrected chi connectivity index (χ2v) is 3.00. The van der Waals surface area contributed by atoms with Gasteiger partial charge in [0, 0.05) is 20.4 Å². The zero-order valence-corrected chi connectivity index (χ0v) is 7.83. The summed E-state index contributed by atoms with van der Waals surface area (Å²) >= 11 is 0. The molecule has 0 spiro atoms. The minimum absolute atomic E-state index is 0.298. The van der Waals surface area contributed by atoms with E-state index in [1.165, 1.54) is 12.1 Å². The molecule has 0 aliphatic carbocycles. The van der Waals surface area contributed by atoms with Crippen molar-refractivity contribution in [3.05, 3.63) is 29.2 Å². The molecule has 0 aliphatic rings. The average molecular weight is 229 g/mol. The molecule has 0 saturated carbocycles. The van der Waals surface area contributed by atoms with Gasteiger partial charge in [0.1, 0.15) is 0 Å². The average Bonchev–Trinajstić information content (AvgIpc) is 2.10. The Balaban J connectivity index is 0.000000621. The molecule has 14 heavy (non-hydrogen) atoms. The van der Waals surface area contributed by atoms with Gasteiger partial charge in [0.15, 0.2) is 0 Å². The molecule has 6 heteroatoms. The zero-order valence-electron chi connectivity index (χ0n) is 13.1. The number of rotatable bonds is 0. The molecule has 0 bridgehead atoms. The van der Waals surface area contributed by atoms with Gasteiger partial charge in [-0.1, -0.05) is 0 Å². The highest BCUT2D eigenvalue weighted by Crippen LogP contribution is 2.06. The third-order valence-corrected chi connectivity index (χ3v) is 0.937. The fourth-order valence-electron chi connectivity index (χ4n) is 0.633. The topological polar surface area (TPSA) is 104 Å². The first-order valence-corrected chi connectivity index (χ1v) is 4.41. The van der Waals surface area contributed by atoms with E-state index in [9.17, 15) is 0 Å². The fourth-order valence-corrected chi connectivity index (χ4v) is 0.633. The van der Waals surface area contributed by atoms with Crippen molar-refractivity contribution >= 4 is 0 Å². The van der Waals surface area contributed by atoms with E-state index in [1.807, 2.05) is 0 Å². The summed E-state index contributed by atoms with van der Waals surface area (Å²) < 4.78 is 81.6. The van der Waals surface area contributed by atoms with Gasteiger partial charge in [-0.15, -0.1) is 10.2 Å². The normalized spacial score (nSPS) is 18.6. The van der Waals surface area contributed by atoms with Crippen LogP contribution in [-0.4, -0.2) is 0 Å². The van der Waals surface area contributed by atoms with Crippen LogP contribution in [0.1, 0.15) is 25.3 Å². The summed E-state index contributed by atoms with van der Waals surface area (Å²) in [5.41, 5.74) is 0.554. The van der Waals surface area contributed by atoms with Crippen LogP contribution >= 0.6 is 0 Å². The third-order valence-electron chi connectivity index (χ3n) is 0.937. The lowest BCUT2D eigenvalue weighted by atomic mass is 10.2. The van der Waals surface area contributed by atoms with Crippen LogP contribution in [-0.2, 0) is 0 Å². The molecular weight excluding hydrogens is 212 g/mol. The van der Waals surface area contributed by atoms with Crippen molar-refractivity contribution in [3.63, 3.8) is 0 Å². The summed E-state index contributed by atoms with van der Waals surface area (Å²) in [6.45, 7) is -3.22. The standard InChI is InChI=1S/C8H11O.ClHO4/c1-6-4-7(2)9-8(3)5-6;2-1(3,4)5/h4-5H,1-3H3;(H,2,3,4,5)/q+1;/p-1/i2D3,3D3;. The summed E-state index contributed by atoms with van der Waals surface area (Å²) in [6.07, 6.45) is 0. The van der Waals surface area contributed by atoms with Gasteiger partial charge in [-0.05, 0) is 12.5 Å². The molecule has 1 heterocycles. The molecule has 80 valence electrons. The minimum Gasteiger partial charge on any atom is -0.222 e. The van der Waals surface area contributed by atoms with Crippen molar-refractivity contribution in [2.45, 2.75) is 20.6 Å². The molecule has 1 rings (SSSR count). The predicted molar refractivity (Wildman–Crippen MR) is 37.3 cm³/mol. The molecule has 1 aromatic heterocycles. The summed E-state index contributed by atoms with van der Waals surface area (Å²) in [4.78, 5) is 0. The molecule has 0 aromatic carbocycles. The number of aryl methyl sites for hydroxylation is 3. The van der Waals surface area contributed by atoms with E-state index in [-0.39, 0.29) is 11.5 Å². The van der Waals surface area contributed by atoms with Crippen LogP contribution in [0.3, 0.4) is 0 Å². The third kappa shape index (κ3) is 9.37. The van der Waals surface area contributed by atoms with Crippen LogP contribution in [0.2, 0.25) is 0 Å². The number of halogens is 1. The van der Waals surface area contributed by atoms with Crippen molar-refractivity contribution < 1.29 is 41.5 Å². The van der Waals surface area contributed by atoms with Gasteiger partial charge >= 0.3 is 11.5 Å². The molecule has 0 N–H and O–H groups in total. The summed E-state index contributed by atoms with van der Waals surface area (Å²) in [7, 11) is -4.94. The first kappa shape index (κ1) is 5.99. The van der Waals surface area contributed by atoms with Crippen molar-refractivity contribution in [3.8, 4) is 0 Å². The Hall–Kier alpha value is -0.720. The summed E-state index contributed by atoms with van der Waals surface area (Å²) in [5.74, 6) is -0.595. The Labute approximate surface area is 92.4 Å². The van der Waals surface area contributed by atoms with Crippen LogP contribution in [0.5, 0.6) is 0 Å². The molecule has 0 saturated heterocycles. The van der Waals surface area contributed by atoms with Crippen molar-refractivity contribution in [2.24, 2.45) is 0 Å². The lowest BCUT2D eigenvalue weighted by Gasteiger charge is -2.17. The van der Waals surface area contributed by atoms with E-state index < -0.39 is 23.9 Å². The molecule has 0 atom stereocenters. The number of hydrogen-bond donors (Lipinski definition) is 0. The maximum absolute atomic E-state index is 8.49. The number of hydrogen-bond acceptors (Lipinski definition) is 4. The molecule has 1 aromatic rings. The second-order valence-electron chi connectivity index (χ2n) is 2.24. The molecule has 0 fully saturated rings. The van der Waals surface area contributed by atoms with E-state index in [1.54, 1.807) is 6.92 Å². The van der Waals surface area contributed by atoms with E-state index >= 15 is 0 Å². The van der Waals surface area contributed by atoms with E-state index in [0.29, 0.717) is 5.56 Å². The molecule has 0 aliphatic heterocycles. The van der Waals surface area contributed by atoms with Crippen LogP contribution < -0.4 is 18.6 Å². The zero-order chi connectivity index (χ0) is 16.4. The smallest absolute Gasteiger partial charge is 0.222 e. The Kier molecular flexibility index (Phi) is 2.24. The van der Waals surface area contributed by atoms with Gasteiger partial charge in [-0.3, -0.25) is 0 Å². The van der Waals surface area contributed by atoms with Gasteiger partial charge in [0.25, 0.3) is 0 Å². The molecule has 5 nitrogen and oxygen atoms in total. The van der Waals surface area contributed by atoms with Crippen molar-refractivity contribution in [2.75, 3.05) is 0 Å². The van der Waals surface area contributed by atoms with Gasteiger partial charge in [0.05, 0.1) is 13.7 Å². The van der Waals surface area contributed by atoms with Crippen molar-refractivity contribution in [1.82, 2.24) is 0 Å². The lowest BCUT2D eigenvalue weighted by molar-refractivity contribution is -2.00. The van der Waals surface area contributed by atoms with Crippen molar-refractivity contribution in [1.29, 1.82) is 0 Å². The quantitative estimate of drug-likeness (QED) is 0.466. The van der Waals surface area contributed by atoms with Gasteiger partial charge in [-0.25, -0.2) is 23.1 Å². The molecular formula is C8H11ClO5. The van der Waals surface area contributed by atoms with Crippen LogP contribution in [0.25, 0.3) is 0 Å². The van der Waals surface area contributed by atoms with Gasteiger partial charge < -0.3 is 0 Å². The maximum Gasteiger partial charge on any atom is 0.326 e. The Morgan fingerprint density at radius 2 is 1.50 bits per heavy atom. The highest BCUT2D eigenvalue weighted by molar-refractivity contribution is 5.14. The van der Waals surface area contributed by atoms with Gasteiger partial charge in [-0.2, -0.15) is 0 Å². The fraction of sp³-hybridized carbons (Fsp3) is 0.375. The maximum atomic E-state index is 8.49. The molecule has 0 unspecified atom stereocenters. The molecule has 0 amide bonds. The second kappa shape index (κ2) is 5.23. The van der Waals surface area contributed by atoms with Crippen LogP contribution in [0.4, 0.5) is 0 Å². The van der Waals surface area contributed by atoms with E-state index in [0.717, 1.165) is 0 Å². The first-order chi connectivity index (χ1) is 8.60. The lowest BCUT2D eigenvalue weighted by Crippen LogP contribution is -2.68. The van der Waals surface area contributed by atoms with Crippen LogP contribution in [0, 0.1) is 30.9 Å². The largest absolute Gasteiger partial charge is 0.326 e. The van der Waals surface area contributed by atoms with Crippen LogP contribution in [0.15, 0.2) is 16.5 Å². The highest BCUT2D eigenvalue weighted by atomic mass is 35.7. The summed E-state index contributed by atoms with van der Waals surface area (Å²) in [6, 6.07) is 2.64. The summed E-state index contributed by atoms with van der Waals surface area (Å²) in [5, 5.41) is 0. The predicted octanol–water partition coefficient (Wildman–Crippen LogP) is -2.27. The monoisotopic (exact) mass is 228 g/mol. The molecule has 0 radical (unpaired) electrons. The minimum atomic E-state index is -4.94. The first-order valence-electron chi connectivity index (χ1n) is 6.18. The Morgan fingerprint density at radius 1 is 1.14 bits per heavy atom. The highest BCUT2D eigenvalue weighted by Gasteiger charge is 2.03. The van der Waals surface area contributed by atoms with Gasteiger partial charge in [0.2, 0.25) is 0 Å². The van der Waals surface area contributed by atoms with E-state index in [4.69, 9.17) is 31.3 Å².